The molecule has 3 aromatic rings. The SMILES string of the molecule is Cc1noc(C)c1-c1csc2c(Cl)ncnc12. The second kappa shape index (κ2) is 3.78. The fraction of sp³-hybridized carbons (Fsp3) is 0.182. The van der Waals surface area contributed by atoms with Crippen molar-refractivity contribution in [1.29, 1.82) is 0 Å². The third-order valence-corrected chi connectivity index (χ3v) is 3.99. The minimum atomic E-state index is 0.484. The molecule has 0 unspecified atom stereocenters. The first kappa shape index (κ1) is 10.7. The maximum atomic E-state index is 6.03. The maximum absolute atomic E-state index is 6.03. The van der Waals surface area contributed by atoms with E-state index >= 15 is 0 Å². The number of thiophene rings is 1. The molecule has 0 radical (unpaired) electrons. The van der Waals surface area contributed by atoms with Crippen molar-refractivity contribution in [2.75, 3.05) is 0 Å². The molecular weight excluding hydrogens is 258 g/mol. The zero-order valence-corrected chi connectivity index (χ0v) is 10.8. The van der Waals surface area contributed by atoms with Crippen LogP contribution in [0.2, 0.25) is 5.15 Å². The van der Waals surface area contributed by atoms with Gasteiger partial charge < -0.3 is 4.52 Å². The Kier molecular flexibility index (Phi) is 2.38. The highest BCUT2D eigenvalue weighted by Crippen LogP contribution is 2.37. The molecule has 3 heterocycles. The van der Waals surface area contributed by atoms with Crippen LogP contribution < -0.4 is 0 Å². The minimum Gasteiger partial charge on any atom is -0.361 e. The van der Waals surface area contributed by atoms with Crippen molar-refractivity contribution < 1.29 is 4.52 Å². The van der Waals surface area contributed by atoms with Gasteiger partial charge in [-0.2, -0.15) is 0 Å². The highest BCUT2D eigenvalue weighted by molar-refractivity contribution is 7.18. The number of hydrogen-bond acceptors (Lipinski definition) is 5. The van der Waals surface area contributed by atoms with Gasteiger partial charge in [-0.1, -0.05) is 16.8 Å². The molecule has 0 spiro atoms. The molecule has 3 aromatic heterocycles. The summed E-state index contributed by atoms with van der Waals surface area (Å²) in [4.78, 5) is 8.26. The molecule has 0 bridgehead atoms. The number of rotatable bonds is 1. The van der Waals surface area contributed by atoms with Crippen LogP contribution in [0.3, 0.4) is 0 Å². The van der Waals surface area contributed by atoms with Gasteiger partial charge in [0.05, 0.1) is 21.5 Å². The summed E-state index contributed by atoms with van der Waals surface area (Å²) in [6.07, 6.45) is 1.47. The van der Waals surface area contributed by atoms with Crippen LogP contribution in [-0.2, 0) is 0 Å². The van der Waals surface area contributed by atoms with Crippen molar-refractivity contribution in [1.82, 2.24) is 15.1 Å². The number of aromatic nitrogens is 3. The van der Waals surface area contributed by atoms with Gasteiger partial charge in [0.1, 0.15) is 17.2 Å². The zero-order valence-electron chi connectivity index (χ0n) is 9.19. The largest absolute Gasteiger partial charge is 0.361 e. The molecule has 0 atom stereocenters. The fourth-order valence-corrected chi connectivity index (χ4v) is 3.02. The molecule has 0 aliphatic carbocycles. The summed E-state index contributed by atoms with van der Waals surface area (Å²) in [6, 6.07) is 0. The average Bonchev–Trinajstić information content (AvgIpc) is 2.84. The highest BCUT2D eigenvalue weighted by Gasteiger charge is 2.17. The molecular formula is C11H8ClN3OS. The predicted molar refractivity (Wildman–Crippen MR) is 67.4 cm³/mol. The first-order valence-corrected chi connectivity index (χ1v) is 6.25. The second-order valence-electron chi connectivity index (χ2n) is 3.69. The molecule has 0 amide bonds. The summed E-state index contributed by atoms with van der Waals surface area (Å²) in [6.45, 7) is 3.81. The predicted octanol–water partition coefficient (Wildman–Crippen LogP) is 3.62. The molecule has 3 rings (SSSR count). The van der Waals surface area contributed by atoms with E-state index in [4.69, 9.17) is 16.1 Å². The lowest BCUT2D eigenvalue weighted by Gasteiger charge is -1.97. The molecule has 86 valence electrons. The lowest BCUT2D eigenvalue weighted by Crippen LogP contribution is -1.84. The van der Waals surface area contributed by atoms with Gasteiger partial charge in [-0.25, -0.2) is 9.97 Å². The van der Waals surface area contributed by atoms with Crippen LogP contribution in [-0.4, -0.2) is 15.1 Å². The van der Waals surface area contributed by atoms with Crippen LogP contribution in [0, 0.1) is 13.8 Å². The van der Waals surface area contributed by atoms with Crippen LogP contribution in [0.15, 0.2) is 16.2 Å². The minimum absolute atomic E-state index is 0.484. The summed E-state index contributed by atoms with van der Waals surface area (Å²) in [5, 5.41) is 6.45. The van der Waals surface area contributed by atoms with E-state index < -0.39 is 0 Å². The zero-order chi connectivity index (χ0) is 12.0. The summed E-state index contributed by atoms with van der Waals surface area (Å²) in [7, 11) is 0. The highest BCUT2D eigenvalue weighted by atomic mass is 35.5. The lowest BCUT2D eigenvalue weighted by molar-refractivity contribution is 0.393. The number of fused-ring (bicyclic) bond motifs is 1. The molecule has 0 aromatic carbocycles. The van der Waals surface area contributed by atoms with Crippen molar-refractivity contribution >= 4 is 33.2 Å². The van der Waals surface area contributed by atoms with Crippen molar-refractivity contribution in [3.8, 4) is 11.1 Å². The van der Waals surface area contributed by atoms with Gasteiger partial charge >= 0.3 is 0 Å². The molecule has 0 aliphatic rings. The van der Waals surface area contributed by atoms with Gasteiger partial charge in [0, 0.05) is 10.9 Å². The molecule has 0 saturated heterocycles. The van der Waals surface area contributed by atoms with E-state index in [9.17, 15) is 0 Å². The monoisotopic (exact) mass is 265 g/mol. The van der Waals surface area contributed by atoms with E-state index in [-0.39, 0.29) is 0 Å². The smallest absolute Gasteiger partial charge is 0.150 e. The topological polar surface area (TPSA) is 51.8 Å². The number of hydrogen-bond donors (Lipinski definition) is 0. The fourth-order valence-electron chi connectivity index (χ4n) is 1.87. The Morgan fingerprint density at radius 1 is 1.29 bits per heavy atom. The summed E-state index contributed by atoms with van der Waals surface area (Å²) < 4.78 is 6.07. The van der Waals surface area contributed by atoms with Crippen molar-refractivity contribution in [3.05, 3.63) is 28.3 Å². The van der Waals surface area contributed by atoms with Crippen molar-refractivity contribution in [2.45, 2.75) is 13.8 Å². The molecule has 6 heteroatoms. The van der Waals surface area contributed by atoms with E-state index in [1.54, 1.807) is 0 Å². The summed E-state index contributed by atoms with van der Waals surface area (Å²) in [5.74, 6) is 0.789. The van der Waals surface area contributed by atoms with Gasteiger partial charge in [0.15, 0.2) is 0 Å². The molecule has 0 aliphatic heterocycles. The molecule has 0 saturated carbocycles. The van der Waals surface area contributed by atoms with E-state index in [0.717, 1.165) is 32.8 Å². The van der Waals surface area contributed by atoms with E-state index in [0.29, 0.717) is 5.15 Å². The van der Waals surface area contributed by atoms with E-state index in [1.807, 2.05) is 19.2 Å². The van der Waals surface area contributed by atoms with Gasteiger partial charge in [-0.15, -0.1) is 11.3 Å². The average molecular weight is 266 g/mol. The Balaban J connectivity index is 2.36. The Morgan fingerprint density at radius 2 is 2.12 bits per heavy atom. The van der Waals surface area contributed by atoms with Crippen LogP contribution in [0.5, 0.6) is 0 Å². The van der Waals surface area contributed by atoms with Crippen LogP contribution in [0.1, 0.15) is 11.5 Å². The quantitative estimate of drug-likeness (QED) is 0.631. The number of halogens is 1. The second-order valence-corrected chi connectivity index (χ2v) is 4.93. The first-order chi connectivity index (χ1) is 8.18. The van der Waals surface area contributed by atoms with Crippen LogP contribution in [0.25, 0.3) is 21.3 Å². The van der Waals surface area contributed by atoms with Gasteiger partial charge in [-0.3, -0.25) is 0 Å². The third kappa shape index (κ3) is 1.54. The third-order valence-electron chi connectivity index (χ3n) is 2.61. The van der Waals surface area contributed by atoms with Crippen molar-refractivity contribution in [2.24, 2.45) is 0 Å². The van der Waals surface area contributed by atoms with Crippen molar-refractivity contribution in [3.63, 3.8) is 0 Å². The van der Waals surface area contributed by atoms with Gasteiger partial charge in [0.2, 0.25) is 0 Å². The maximum Gasteiger partial charge on any atom is 0.150 e. The first-order valence-electron chi connectivity index (χ1n) is 4.99. The van der Waals surface area contributed by atoms with E-state index in [2.05, 4.69) is 15.1 Å². The standard InChI is InChI=1S/C11H8ClN3OS/c1-5-8(6(2)16-15-5)7-3-17-10-9(7)13-4-14-11(10)12/h3-4H,1-2H3. The number of aryl methyl sites for hydroxylation is 2. The summed E-state index contributed by atoms with van der Waals surface area (Å²) in [5.41, 5.74) is 3.71. The number of nitrogens with zero attached hydrogens (tertiary/aromatic N) is 3. The molecule has 0 N–H and O–H groups in total. The Labute approximate surface area is 106 Å². The Bertz CT molecular complexity index is 684. The van der Waals surface area contributed by atoms with Crippen LogP contribution in [0.4, 0.5) is 0 Å². The van der Waals surface area contributed by atoms with Gasteiger partial charge in [0.25, 0.3) is 0 Å². The Hall–Kier alpha value is -1.46. The van der Waals surface area contributed by atoms with E-state index in [1.165, 1.54) is 17.7 Å². The van der Waals surface area contributed by atoms with Crippen LogP contribution >= 0.6 is 22.9 Å². The summed E-state index contributed by atoms with van der Waals surface area (Å²) >= 11 is 7.56. The molecule has 4 nitrogen and oxygen atoms in total. The lowest BCUT2D eigenvalue weighted by atomic mass is 10.1. The molecule has 17 heavy (non-hydrogen) atoms. The molecule has 0 fully saturated rings. The van der Waals surface area contributed by atoms with Gasteiger partial charge in [-0.05, 0) is 13.8 Å². The normalized spacial score (nSPS) is 11.2. The Morgan fingerprint density at radius 3 is 2.82 bits per heavy atom.